The molecule has 0 fully saturated rings. The SMILES string of the molecule is Cn1cnc2cc(-c3nccs3)ccc2c1=O. The molecule has 0 aliphatic heterocycles. The van der Waals surface area contributed by atoms with Crippen LogP contribution in [0.5, 0.6) is 0 Å². The zero-order valence-corrected chi connectivity index (χ0v) is 9.94. The summed E-state index contributed by atoms with van der Waals surface area (Å²) >= 11 is 1.57. The number of benzene rings is 1. The molecule has 0 saturated heterocycles. The number of rotatable bonds is 1. The maximum absolute atomic E-state index is 11.8. The van der Waals surface area contributed by atoms with Crippen LogP contribution in [0.25, 0.3) is 21.5 Å². The van der Waals surface area contributed by atoms with E-state index in [0.29, 0.717) is 10.9 Å². The van der Waals surface area contributed by atoms with E-state index < -0.39 is 0 Å². The van der Waals surface area contributed by atoms with Crippen LogP contribution in [0, 0.1) is 0 Å². The summed E-state index contributed by atoms with van der Waals surface area (Å²) in [5.74, 6) is 0. The van der Waals surface area contributed by atoms with Gasteiger partial charge in [-0.15, -0.1) is 11.3 Å². The van der Waals surface area contributed by atoms with Crippen LogP contribution in [0.2, 0.25) is 0 Å². The summed E-state index contributed by atoms with van der Waals surface area (Å²) in [6.45, 7) is 0. The van der Waals surface area contributed by atoms with Gasteiger partial charge >= 0.3 is 0 Å². The van der Waals surface area contributed by atoms with E-state index in [1.54, 1.807) is 30.6 Å². The Labute approximate surface area is 101 Å². The number of nitrogens with zero attached hydrogens (tertiary/aromatic N) is 3. The maximum Gasteiger partial charge on any atom is 0.260 e. The van der Waals surface area contributed by atoms with Gasteiger partial charge in [0.05, 0.1) is 17.2 Å². The van der Waals surface area contributed by atoms with Gasteiger partial charge < -0.3 is 4.57 Å². The average Bonchev–Trinajstić information content (AvgIpc) is 2.87. The van der Waals surface area contributed by atoms with Gasteiger partial charge in [0.15, 0.2) is 0 Å². The van der Waals surface area contributed by atoms with E-state index in [4.69, 9.17) is 0 Å². The van der Waals surface area contributed by atoms with Gasteiger partial charge in [0.25, 0.3) is 5.56 Å². The second-order valence-electron chi connectivity index (χ2n) is 3.73. The molecular formula is C12H9N3OS. The van der Waals surface area contributed by atoms with Gasteiger partial charge in [0.1, 0.15) is 5.01 Å². The molecule has 0 atom stereocenters. The summed E-state index contributed by atoms with van der Waals surface area (Å²) in [5.41, 5.74) is 1.68. The second kappa shape index (κ2) is 3.78. The molecule has 1 aromatic carbocycles. The molecule has 0 radical (unpaired) electrons. The van der Waals surface area contributed by atoms with Crippen LogP contribution in [0.4, 0.5) is 0 Å². The number of aryl methyl sites for hydroxylation is 1. The Morgan fingerprint density at radius 2 is 2.18 bits per heavy atom. The van der Waals surface area contributed by atoms with Crippen LogP contribution in [-0.4, -0.2) is 14.5 Å². The van der Waals surface area contributed by atoms with E-state index in [1.165, 1.54) is 10.9 Å². The van der Waals surface area contributed by atoms with Crippen LogP contribution in [0.3, 0.4) is 0 Å². The Balaban J connectivity index is 2.28. The van der Waals surface area contributed by atoms with Gasteiger partial charge in [-0.2, -0.15) is 0 Å². The van der Waals surface area contributed by atoms with Gasteiger partial charge in [-0.25, -0.2) is 9.97 Å². The number of aromatic nitrogens is 3. The highest BCUT2D eigenvalue weighted by Gasteiger charge is 2.05. The summed E-state index contributed by atoms with van der Waals surface area (Å²) in [6, 6.07) is 5.61. The third-order valence-corrected chi connectivity index (χ3v) is 3.42. The molecule has 17 heavy (non-hydrogen) atoms. The number of fused-ring (bicyclic) bond motifs is 1. The molecule has 5 heteroatoms. The van der Waals surface area contributed by atoms with E-state index in [2.05, 4.69) is 9.97 Å². The lowest BCUT2D eigenvalue weighted by molar-refractivity contribution is 0.843. The topological polar surface area (TPSA) is 47.8 Å². The lowest BCUT2D eigenvalue weighted by atomic mass is 10.1. The van der Waals surface area contributed by atoms with Gasteiger partial charge in [-0.3, -0.25) is 4.79 Å². The molecule has 0 spiro atoms. The van der Waals surface area contributed by atoms with Crippen molar-refractivity contribution >= 4 is 22.2 Å². The normalized spacial score (nSPS) is 10.9. The predicted molar refractivity (Wildman–Crippen MR) is 68.1 cm³/mol. The minimum absolute atomic E-state index is 0.0271. The van der Waals surface area contributed by atoms with Gasteiger partial charge in [-0.05, 0) is 12.1 Å². The fourth-order valence-corrected chi connectivity index (χ4v) is 2.34. The van der Waals surface area contributed by atoms with Crippen molar-refractivity contribution in [1.29, 1.82) is 0 Å². The van der Waals surface area contributed by atoms with Crippen LogP contribution in [0.15, 0.2) is 40.9 Å². The molecule has 0 N–H and O–H groups in total. The van der Waals surface area contributed by atoms with Gasteiger partial charge in [0.2, 0.25) is 0 Å². The summed E-state index contributed by atoms with van der Waals surface area (Å²) < 4.78 is 1.48. The Kier molecular flexibility index (Phi) is 2.26. The minimum Gasteiger partial charge on any atom is -0.302 e. The molecular weight excluding hydrogens is 234 g/mol. The van der Waals surface area contributed by atoms with Crippen LogP contribution in [-0.2, 0) is 7.05 Å². The highest BCUT2D eigenvalue weighted by atomic mass is 32.1. The molecule has 3 aromatic rings. The fourth-order valence-electron chi connectivity index (χ4n) is 1.71. The lowest BCUT2D eigenvalue weighted by Crippen LogP contribution is -2.16. The molecule has 4 nitrogen and oxygen atoms in total. The monoisotopic (exact) mass is 243 g/mol. The first kappa shape index (κ1) is 10.2. The summed E-state index contributed by atoms with van der Waals surface area (Å²) in [4.78, 5) is 20.3. The standard InChI is InChI=1S/C12H9N3OS/c1-15-7-14-10-6-8(11-13-4-5-17-11)2-3-9(10)12(15)16/h2-7H,1H3. The zero-order valence-electron chi connectivity index (χ0n) is 9.12. The molecule has 2 heterocycles. The first-order valence-electron chi connectivity index (χ1n) is 5.11. The molecule has 3 rings (SSSR count). The van der Waals surface area contributed by atoms with Crippen LogP contribution in [0.1, 0.15) is 0 Å². The van der Waals surface area contributed by atoms with Crippen molar-refractivity contribution in [2.24, 2.45) is 7.05 Å². The Morgan fingerprint density at radius 3 is 2.94 bits per heavy atom. The lowest BCUT2D eigenvalue weighted by Gasteiger charge is -2.02. The number of hydrogen-bond donors (Lipinski definition) is 0. The van der Waals surface area contributed by atoms with E-state index in [1.807, 2.05) is 17.5 Å². The largest absolute Gasteiger partial charge is 0.302 e. The quantitative estimate of drug-likeness (QED) is 0.657. The predicted octanol–water partition coefficient (Wildman–Crippen LogP) is 2.06. The average molecular weight is 243 g/mol. The molecule has 0 saturated carbocycles. The van der Waals surface area contributed by atoms with Crippen molar-refractivity contribution in [3.8, 4) is 10.6 Å². The van der Waals surface area contributed by atoms with Crippen molar-refractivity contribution in [1.82, 2.24) is 14.5 Å². The third kappa shape index (κ3) is 1.64. The number of thiazole rings is 1. The minimum atomic E-state index is -0.0271. The molecule has 84 valence electrons. The molecule has 0 aliphatic rings. The smallest absolute Gasteiger partial charge is 0.260 e. The summed E-state index contributed by atoms with van der Waals surface area (Å²) in [5, 5.41) is 3.50. The van der Waals surface area contributed by atoms with Gasteiger partial charge in [-0.1, -0.05) is 6.07 Å². The van der Waals surface area contributed by atoms with E-state index in [0.717, 1.165) is 10.6 Å². The molecule has 0 bridgehead atoms. The second-order valence-corrected chi connectivity index (χ2v) is 4.62. The van der Waals surface area contributed by atoms with E-state index >= 15 is 0 Å². The maximum atomic E-state index is 11.8. The van der Waals surface area contributed by atoms with Crippen molar-refractivity contribution in [2.45, 2.75) is 0 Å². The molecule has 2 aromatic heterocycles. The highest BCUT2D eigenvalue weighted by Crippen LogP contribution is 2.23. The first-order chi connectivity index (χ1) is 8.25. The van der Waals surface area contributed by atoms with Crippen LogP contribution >= 0.6 is 11.3 Å². The molecule has 0 amide bonds. The first-order valence-corrected chi connectivity index (χ1v) is 5.99. The zero-order chi connectivity index (χ0) is 11.8. The van der Waals surface area contributed by atoms with E-state index in [9.17, 15) is 4.79 Å². The Morgan fingerprint density at radius 1 is 1.29 bits per heavy atom. The summed E-state index contributed by atoms with van der Waals surface area (Å²) in [7, 11) is 1.70. The third-order valence-electron chi connectivity index (χ3n) is 2.60. The van der Waals surface area contributed by atoms with Crippen molar-refractivity contribution in [3.63, 3.8) is 0 Å². The Hall–Kier alpha value is -2.01. The van der Waals surface area contributed by atoms with E-state index in [-0.39, 0.29) is 5.56 Å². The molecule has 0 unspecified atom stereocenters. The fraction of sp³-hybridized carbons (Fsp3) is 0.0833. The number of hydrogen-bond acceptors (Lipinski definition) is 4. The highest BCUT2D eigenvalue weighted by molar-refractivity contribution is 7.13. The van der Waals surface area contributed by atoms with Crippen molar-refractivity contribution in [3.05, 3.63) is 46.5 Å². The van der Waals surface area contributed by atoms with Crippen molar-refractivity contribution < 1.29 is 0 Å². The van der Waals surface area contributed by atoms with Crippen LogP contribution < -0.4 is 5.56 Å². The van der Waals surface area contributed by atoms with Crippen molar-refractivity contribution in [2.75, 3.05) is 0 Å². The Bertz CT molecular complexity index is 731. The summed E-state index contributed by atoms with van der Waals surface area (Å²) in [6.07, 6.45) is 3.30. The molecule has 0 aliphatic carbocycles. The van der Waals surface area contributed by atoms with Gasteiger partial charge in [0, 0.05) is 24.2 Å².